The number of carbonyl (C=O) groups is 2. The molecule has 304 valence electrons. The summed E-state index contributed by atoms with van der Waals surface area (Å²) < 4.78 is 54.6. The molecule has 0 saturated heterocycles. The van der Waals surface area contributed by atoms with Crippen molar-refractivity contribution >= 4 is 36.9 Å². The van der Waals surface area contributed by atoms with Crippen molar-refractivity contribution in [1.82, 2.24) is 9.13 Å². The lowest BCUT2D eigenvalue weighted by Crippen LogP contribution is -2.30. The van der Waals surface area contributed by atoms with Gasteiger partial charge in [0.25, 0.3) is 11.1 Å². The number of ketones is 1. The van der Waals surface area contributed by atoms with Crippen LogP contribution in [0.2, 0.25) is 0 Å². The highest BCUT2D eigenvalue weighted by Crippen LogP contribution is 2.12. The largest absolute Gasteiger partial charge is 0.488 e. The van der Waals surface area contributed by atoms with Crippen LogP contribution in [0.25, 0.3) is 0 Å². The van der Waals surface area contributed by atoms with E-state index in [1.165, 1.54) is 47.3 Å². The van der Waals surface area contributed by atoms with Crippen molar-refractivity contribution in [2.24, 2.45) is 5.73 Å². The van der Waals surface area contributed by atoms with Crippen molar-refractivity contribution in [2.45, 2.75) is 32.5 Å². The molecule has 0 atom stereocenters. The number of carbonyl (C=O) groups excluding carboxylic acids is 1. The Bertz CT molecular complexity index is 2530. The number of hydrogen-bond acceptors (Lipinski definition) is 9. The summed E-state index contributed by atoms with van der Waals surface area (Å²) in [7, 11) is -3.00. The monoisotopic (exact) mass is 813 g/mol. The van der Waals surface area contributed by atoms with Gasteiger partial charge in [0.15, 0.2) is 29.1 Å². The number of nitrogens with zero attached hydrogens (tertiary/aromatic N) is 2. The number of nitrogens with two attached hydrogens (primary N) is 1. The molecule has 0 bridgehead atoms. The topological polar surface area (TPSA) is 205 Å². The molecule has 0 radical (unpaired) electrons. The molecule has 6 rings (SSSR count). The number of pyridine rings is 2. The van der Waals surface area contributed by atoms with E-state index < -0.39 is 54.6 Å². The van der Waals surface area contributed by atoms with Gasteiger partial charge in [0.1, 0.15) is 5.56 Å². The number of hydrogen-bond donors (Lipinski definition) is 6. The Labute approximate surface area is 335 Å². The van der Waals surface area contributed by atoms with Gasteiger partial charge in [-0.1, -0.05) is 60.7 Å². The number of carboxylic acid groups (broad SMARTS) is 1. The minimum Gasteiger partial charge on any atom is -0.477 e. The van der Waals surface area contributed by atoms with Gasteiger partial charge in [-0.2, -0.15) is 0 Å². The Hall–Kier alpha value is -6.43. The lowest BCUT2D eigenvalue weighted by atomic mass is 9.79. The van der Waals surface area contributed by atoms with E-state index in [9.17, 15) is 46.8 Å². The van der Waals surface area contributed by atoms with Crippen molar-refractivity contribution in [3.8, 4) is 0 Å². The molecule has 0 spiro atoms. The van der Waals surface area contributed by atoms with Crippen LogP contribution in [-0.4, -0.2) is 60.3 Å². The van der Waals surface area contributed by atoms with Crippen molar-refractivity contribution in [3.63, 3.8) is 0 Å². The number of rotatable bonds is 12. The third kappa shape index (κ3) is 13.0. The quantitative estimate of drug-likeness (QED) is 0.0605. The molecule has 0 fully saturated rings. The predicted octanol–water partition coefficient (Wildman–Crippen LogP) is 2.37. The van der Waals surface area contributed by atoms with Gasteiger partial charge in [-0.25, -0.2) is 22.4 Å². The summed E-state index contributed by atoms with van der Waals surface area (Å²) in [5, 5.41) is 44.8. The molecule has 0 aliphatic heterocycles. The Balaban J connectivity index is 0.000000219. The minimum absolute atomic E-state index is 0.00753. The normalized spacial score (nSPS) is 10.5. The van der Waals surface area contributed by atoms with E-state index in [2.05, 4.69) is 0 Å². The van der Waals surface area contributed by atoms with Gasteiger partial charge in [0, 0.05) is 25.4 Å². The minimum atomic E-state index is -1.59. The first-order valence-electron chi connectivity index (χ1n) is 17.7. The Morgan fingerprint density at radius 3 is 1.47 bits per heavy atom. The van der Waals surface area contributed by atoms with E-state index in [1.54, 1.807) is 48.5 Å². The molecule has 2 heterocycles. The molecule has 6 aromatic rings. The highest BCUT2D eigenvalue weighted by molar-refractivity contribution is 6.59. The number of aromatic nitrogens is 2. The van der Waals surface area contributed by atoms with Crippen LogP contribution in [0.15, 0.2) is 131 Å². The van der Waals surface area contributed by atoms with Crippen molar-refractivity contribution in [1.29, 1.82) is 0 Å². The maximum atomic E-state index is 13.4. The van der Waals surface area contributed by atoms with Crippen molar-refractivity contribution < 1.29 is 52.4 Å². The first kappa shape index (κ1) is 45.3. The molecular weight excluding hydrogens is 776 g/mol. The lowest BCUT2D eigenvalue weighted by Gasteiger charge is -2.09. The lowest BCUT2D eigenvalue weighted by molar-refractivity contribution is 0.0693. The van der Waals surface area contributed by atoms with Crippen LogP contribution in [0.4, 0.5) is 17.6 Å². The van der Waals surface area contributed by atoms with Gasteiger partial charge in [0.2, 0.25) is 0 Å². The number of benzene rings is 4. The van der Waals surface area contributed by atoms with Gasteiger partial charge < -0.3 is 40.1 Å². The molecule has 0 saturated carbocycles. The summed E-state index contributed by atoms with van der Waals surface area (Å²) in [5.41, 5.74) is 6.99. The first-order valence-corrected chi connectivity index (χ1v) is 17.7. The fourth-order valence-corrected chi connectivity index (χ4v) is 5.55. The molecule has 59 heavy (non-hydrogen) atoms. The summed E-state index contributed by atoms with van der Waals surface area (Å²) in [4.78, 5) is 47.8. The number of aromatic carboxylic acids is 1. The summed E-state index contributed by atoms with van der Waals surface area (Å²) in [6.07, 6.45) is 3.26. The highest BCUT2D eigenvalue weighted by atomic mass is 19.2. The SMILES string of the molecule is NCc1cccc(B(O)O)c1.O=C(CCc1cccc(B(O)O)c1)c1cccn(Cc2ccc(F)c(F)c2)c1=O.O=C(O)c1cccn(Cc2ccc(F)c(F)c2)c1=O. The van der Waals surface area contributed by atoms with E-state index in [0.717, 1.165) is 40.0 Å². The van der Waals surface area contributed by atoms with E-state index in [-0.39, 0.29) is 36.4 Å². The summed E-state index contributed by atoms with van der Waals surface area (Å²) >= 11 is 0. The summed E-state index contributed by atoms with van der Waals surface area (Å²) in [6, 6.07) is 25.7. The fourth-order valence-electron chi connectivity index (χ4n) is 5.55. The van der Waals surface area contributed by atoms with Crippen molar-refractivity contribution in [2.75, 3.05) is 0 Å². The Morgan fingerprint density at radius 1 is 0.559 bits per heavy atom. The van der Waals surface area contributed by atoms with E-state index in [1.807, 2.05) is 6.07 Å². The van der Waals surface area contributed by atoms with Gasteiger partial charge >= 0.3 is 20.2 Å². The molecule has 0 amide bonds. The van der Waals surface area contributed by atoms with Crippen LogP contribution >= 0.6 is 0 Å². The van der Waals surface area contributed by atoms with Crippen LogP contribution < -0.4 is 27.8 Å². The predicted molar refractivity (Wildman–Crippen MR) is 212 cm³/mol. The summed E-state index contributed by atoms with van der Waals surface area (Å²) in [5.74, 6) is -5.65. The Morgan fingerprint density at radius 2 is 1.02 bits per heavy atom. The van der Waals surface area contributed by atoms with Crippen LogP contribution in [0.3, 0.4) is 0 Å². The molecule has 18 heteroatoms. The van der Waals surface area contributed by atoms with Gasteiger partial charge in [-0.05, 0) is 88.1 Å². The van der Waals surface area contributed by atoms with Gasteiger partial charge in [-0.15, -0.1) is 0 Å². The summed E-state index contributed by atoms with van der Waals surface area (Å²) in [6.45, 7) is 0.394. The van der Waals surface area contributed by atoms with E-state index in [0.29, 0.717) is 35.0 Å². The molecule has 12 nitrogen and oxygen atoms in total. The van der Waals surface area contributed by atoms with E-state index >= 15 is 0 Å². The van der Waals surface area contributed by atoms with Gasteiger partial charge in [-0.3, -0.25) is 14.4 Å². The maximum absolute atomic E-state index is 13.4. The fraction of sp³-hybridized carbons (Fsp3) is 0.122. The zero-order valence-corrected chi connectivity index (χ0v) is 31.1. The van der Waals surface area contributed by atoms with Crippen molar-refractivity contribution in [3.05, 3.63) is 199 Å². The number of Topliss-reactive ketones (excluding diaryl/α,β-unsaturated/α-hetero) is 1. The zero-order chi connectivity index (χ0) is 43.2. The number of halogens is 4. The average molecular weight is 813 g/mol. The zero-order valence-electron chi connectivity index (χ0n) is 31.1. The average Bonchev–Trinajstić information content (AvgIpc) is 3.21. The molecule has 0 aliphatic rings. The molecule has 7 N–H and O–H groups in total. The standard InChI is InChI=1S/C21H18BF2NO4.C13H9F2NO3.C7H10BNO2/c23-18-8-6-15(12-19(18)24)13-25-10-2-5-17(21(25)27)20(26)9-7-14-3-1-4-16(11-14)22(28)29;14-10-4-3-8(6-11(10)15)7-16-5-1-2-9(12(16)17)13(18)19;9-5-6-2-1-3-7(4-6)8(10)11/h1-6,8,10-12,28-29H,7,9,13H2;1-6H,7H2,(H,18,19);1-4,10-11H,5,9H2. The number of carboxylic acids is 1. The third-order valence-electron chi connectivity index (χ3n) is 8.62. The first-order chi connectivity index (χ1) is 28.1. The number of aryl methyl sites for hydroxylation is 1. The Kier molecular flexibility index (Phi) is 16.4. The maximum Gasteiger partial charge on any atom is 0.488 e. The molecule has 2 aromatic heterocycles. The second kappa shape index (κ2) is 21.4. The highest BCUT2D eigenvalue weighted by Gasteiger charge is 2.16. The molecule has 0 unspecified atom stereocenters. The second-order valence-corrected chi connectivity index (χ2v) is 12.9. The van der Waals surface area contributed by atoms with Crippen LogP contribution in [-0.2, 0) is 26.1 Å². The van der Waals surface area contributed by atoms with Crippen LogP contribution in [0, 0.1) is 23.3 Å². The van der Waals surface area contributed by atoms with Crippen LogP contribution in [0.1, 0.15) is 49.4 Å². The second-order valence-electron chi connectivity index (χ2n) is 12.9. The molecule has 4 aromatic carbocycles. The molecule has 0 aliphatic carbocycles. The third-order valence-corrected chi connectivity index (χ3v) is 8.62. The van der Waals surface area contributed by atoms with Crippen LogP contribution in [0.5, 0.6) is 0 Å². The smallest absolute Gasteiger partial charge is 0.477 e. The van der Waals surface area contributed by atoms with E-state index in [4.69, 9.17) is 20.9 Å². The molecular formula is C41H37B2F4N3O9. The van der Waals surface area contributed by atoms with Gasteiger partial charge in [0.05, 0.1) is 18.7 Å².